The molecule has 0 aliphatic heterocycles. The summed E-state index contributed by atoms with van der Waals surface area (Å²) in [5, 5.41) is 11.5. The van der Waals surface area contributed by atoms with Crippen LogP contribution in [-0.4, -0.2) is 29.3 Å². The number of carbonyl (C=O) groups is 1. The Labute approximate surface area is 162 Å². The number of benzene rings is 2. The van der Waals surface area contributed by atoms with E-state index in [0.717, 1.165) is 11.3 Å². The lowest BCUT2D eigenvalue weighted by Gasteiger charge is -2.07. The molecule has 1 amide bonds. The number of amides is 1. The standard InChI is InChI=1S/C20H20ClN3O3/c21-16-9-11-17(12-10-16)26-14-13-22-18(25)7-4-8-19-23-24-20(27-19)15-5-2-1-3-6-15/h1-3,5-6,9-12H,4,7-8,13-14H2,(H,22,25). The van der Waals surface area contributed by atoms with Gasteiger partial charge in [0.25, 0.3) is 0 Å². The molecular formula is C20H20ClN3O3. The fourth-order valence-electron chi connectivity index (χ4n) is 2.43. The number of ether oxygens (including phenoxy) is 1. The van der Waals surface area contributed by atoms with Gasteiger partial charge in [0.2, 0.25) is 17.7 Å². The third-order valence-electron chi connectivity index (χ3n) is 3.79. The van der Waals surface area contributed by atoms with Crippen LogP contribution in [0.4, 0.5) is 0 Å². The van der Waals surface area contributed by atoms with Crippen LogP contribution in [0.15, 0.2) is 59.0 Å². The first-order valence-electron chi connectivity index (χ1n) is 8.73. The van der Waals surface area contributed by atoms with Gasteiger partial charge in [-0.25, -0.2) is 0 Å². The van der Waals surface area contributed by atoms with Crippen LogP contribution in [0, 0.1) is 0 Å². The van der Waals surface area contributed by atoms with Crippen LogP contribution < -0.4 is 10.1 Å². The third kappa shape index (κ3) is 6.11. The fraction of sp³-hybridized carbons (Fsp3) is 0.250. The van der Waals surface area contributed by atoms with Gasteiger partial charge >= 0.3 is 0 Å². The molecule has 0 fully saturated rings. The summed E-state index contributed by atoms with van der Waals surface area (Å²) >= 11 is 5.81. The highest BCUT2D eigenvalue weighted by Gasteiger charge is 2.09. The molecule has 0 aliphatic rings. The molecule has 0 atom stereocenters. The van der Waals surface area contributed by atoms with Gasteiger partial charge in [-0.2, -0.15) is 0 Å². The predicted molar refractivity (Wildman–Crippen MR) is 103 cm³/mol. The van der Waals surface area contributed by atoms with Gasteiger partial charge in [-0.3, -0.25) is 4.79 Å². The van der Waals surface area contributed by atoms with Gasteiger partial charge in [0.1, 0.15) is 12.4 Å². The van der Waals surface area contributed by atoms with E-state index >= 15 is 0 Å². The summed E-state index contributed by atoms with van der Waals surface area (Å²) in [7, 11) is 0. The Bertz CT molecular complexity index is 850. The van der Waals surface area contributed by atoms with E-state index in [1.165, 1.54) is 0 Å². The molecule has 2 aromatic carbocycles. The van der Waals surface area contributed by atoms with E-state index in [9.17, 15) is 4.79 Å². The Hall–Kier alpha value is -2.86. The summed E-state index contributed by atoms with van der Waals surface area (Å²) in [5.41, 5.74) is 0.884. The topological polar surface area (TPSA) is 77.2 Å². The van der Waals surface area contributed by atoms with Gasteiger partial charge in [0.05, 0.1) is 6.54 Å². The van der Waals surface area contributed by atoms with E-state index in [4.69, 9.17) is 20.8 Å². The molecule has 0 unspecified atom stereocenters. The van der Waals surface area contributed by atoms with Crippen molar-refractivity contribution in [2.24, 2.45) is 0 Å². The fourth-order valence-corrected chi connectivity index (χ4v) is 2.56. The number of carbonyl (C=O) groups excluding carboxylic acids is 1. The number of hydrogen-bond acceptors (Lipinski definition) is 5. The molecule has 0 saturated carbocycles. The lowest BCUT2D eigenvalue weighted by atomic mass is 10.2. The second-order valence-corrected chi connectivity index (χ2v) is 6.31. The van der Waals surface area contributed by atoms with Crippen molar-refractivity contribution in [3.63, 3.8) is 0 Å². The van der Waals surface area contributed by atoms with Crippen molar-refractivity contribution < 1.29 is 13.9 Å². The quantitative estimate of drug-likeness (QED) is 0.565. The van der Waals surface area contributed by atoms with Gasteiger partial charge in [-0.1, -0.05) is 29.8 Å². The molecular weight excluding hydrogens is 366 g/mol. The van der Waals surface area contributed by atoms with Gasteiger partial charge in [-0.15, -0.1) is 10.2 Å². The van der Waals surface area contributed by atoms with Crippen molar-refractivity contribution in [2.75, 3.05) is 13.2 Å². The lowest BCUT2D eigenvalue weighted by molar-refractivity contribution is -0.121. The summed E-state index contributed by atoms with van der Waals surface area (Å²) in [4.78, 5) is 11.9. The average Bonchev–Trinajstić information content (AvgIpc) is 3.16. The molecule has 3 aromatic rings. The molecule has 0 aliphatic carbocycles. The Kier molecular flexibility index (Phi) is 6.82. The molecule has 1 heterocycles. The summed E-state index contributed by atoms with van der Waals surface area (Å²) in [5.74, 6) is 1.72. The monoisotopic (exact) mass is 385 g/mol. The van der Waals surface area contributed by atoms with Gasteiger partial charge < -0.3 is 14.5 Å². The molecule has 1 N–H and O–H groups in total. The van der Waals surface area contributed by atoms with Gasteiger partial charge in [-0.05, 0) is 42.8 Å². The lowest BCUT2D eigenvalue weighted by Crippen LogP contribution is -2.27. The predicted octanol–water partition coefficient (Wildman–Crippen LogP) is 3.91. The van der Waals surface area contributed by atoms with Crippen LogP contribution in [0.3, 0.4) is 0 Å². The van der Waals surface area contributed by atoms with Crippen LogP contribution in [0.1, 0.15) is 18.7 Å². The van der Waals surface area contributed by atoms with Crippen LogP contribution in [0.25, 0.3) is 11.5 Å². The van der Waals surface area contributed by atoms with E-state index in [2.05, 4.69) is 15.5 Å². The first-order chi connectivity index (χ1) is 13.2. The zero-order valence-electron chi connectivity index (χ0n) is 14.7. The van der Waals surface area contributed by atoms with Crippen molar-refractivity contribution >= 4 is 17.5 Å². The summed E-state index contributed by atoms with van der Waals surface area (Å²) < 4.78 is 11.1. The number of nitrogens with one attached hydrogen (secondary N) is 1. The summed E-state index contributed by atoms with van der Waals surface area (Å²) in [6, 6.07) is 16.7. The third-order valence-corrected chi connectivity index (χ3v) is 4.04. The molecule has 27 heavy (non-hydrogen) atoms. The molecule has 3 rings (SSSR count). The van der Waals surface area contributed by atoms with E-state index in [1.807, 2.05) is 30.3 Å². The highest BCUT2D eigenvalue weighted by Crippen LogP contribution is 2.18. The number of aromatic nitrogens is 2. The Morgan fingerprint density at radius 1 is 1.07 bits per heavy atom. The molecule has 1 aromatic heterocycles. The van der Waals surface area contributed by atoms with Crippen molar-refractivity contribution in [3.05, 3.63) is 65.5 Å². The number of rotatable bonds is 9. The molecule has 0 bridgehead atoms. The number of aryl methyl sites for hydroxylation is 1. The van der Waals surface area contributed by atoms with Gasteiger partial charge in [0.15, 0.2) is 0 Å². The molecule has 140 valence electrons. The van der Waals surface area contributed by atoms with Crippen LogP contribution in [0.2, 0.25) is 5.02 Å². The van der Waals surface area contributed by atoms with Crippen molar-refractivity contribution in [1.29, 1.82) is 0 Å². The van der Waals surface area contributed by atoms with Crippen molar-refractivity contribution in [1.82, 2.24) is 15.5 Å². The molecule has 0 saturated heterocycles. The van der Waals surface area contributed by atoms with Crippen LogP contribution in [0.5, 0.6) is 5.75 Å². The normalized spacial score (nSPS) is 10.6. The van der Waals surface area contributed by atoms with E-state index < -0.39 is 0 Å². The van der Waals surface area contributed by atoms with Crippen LogP contribution >= 0.6 is 11.6 Å². The number of halogens is 1. The number of nitrogens with zero attached hydrogens (tertiary/aromatic N) is 2. The zero-order chi connectivity index (χ0) is 18.9. The van der Waals surface area contributed by atoms with Crippen molar-refractivity contribution in [2.45, 2.75) is 19.3 Å². The van der Waals surface area contributed by atoms with E-state index in [-0.39, 0.29) is 5.91 Å². The second-order valence-electron chi connectivity index (χ2n) is 5.87. The first kappa shape index (κ1) is 18.9. The maximum atomic E-state index is 11.9. The summed E-state index contributed by atoms with van der Waals surface area (Å²) in [6.07, 6.45) is 1.60. The maximum Gasteiger partial charge on any atom is 0.247 e. The van der Waals surface area contributed by atoms with E-state index in [0.29, 0.717) is 49.2 Å². The smallest absolute Gasteiger partial charge is 0.247 e. The Morgan fingerprint density at radius 3 is 2.63 bits per heavy atom. The van der Waals surface area contributed by atoms with Crippen LogP contribution in [-0.2, 0) is 11.2 Å². The molecule has 0 radical (unpaired) electrons. The molecule has 7 heteroatoms. The highest BCUT2D eigenvalue weighted by molar-refractivity contribution is 6.30. The zero-order valence-corrected chi connectivity index (χ0v) is 15.5. The highest BCUT2D eigenvalue weighted by atomic mass is 35.5. The minimum absolute atomic E-state index is 0.0301. The molecule has 0 spiro atoms. The summed E-state index contributed by atoms with van der Waals surface area (Å²) in [6.45, 7) is 0.845. The SMILES string of the molecule is O=C(CCCc1nnc(-c2ccccc2)o1)NCCOc1ccc(Cl)cc1. The Morgan fingerprint density at radius 2 is 1.85 bits per heavy atom. The minimum atomic E-state index is -0.0301. The number of hydrogen-bond donors (Lipinski definition) is 1. The Balaban J connectivity index is 1.31. The molecule has 6 nitrogen and oxygen atoms in total. The largest absolute Gasteiger partial charge is 0.492 e. The van der Waals surface area contributed by atoms with Crippen molar-refractivity contribution in [3.8, 4) is 17.2 Å². The first-order valence-corrected chi connectivity index (χ1v) is 9.11. The average molecular weight is 386 g/mol. The minimum Gasteiger partial charge on any atom is -0.492 e. The van der Waals surface area contributed by atoms with E-state index in [1.54, 1.807) is 24.3 Å². The second kappa shape index (κ2) is 9.73. The van der Waals surface area contributed by atoms with Gasteiger partial charge in [0, 0.05) is 23.4 Å². The maximum absolute atomic E-state index is 11.9.